The van der Waals surface area contributed by atoms with Crippen LogP contribution in [0.1, 0.15) is 19.8 Å². The summed E-state index contributed by atoms with van der Waals surface area (Å²) in [6, 6.07) is 0. The Morgan fingerprint density at radius 3 is 2.69 bits per heavy atom. The van der Waals surface area contributed by atoms with Crippen molar-refractivity contribution < 1.29 is 13.2 Å². The van der Waals surface area contributed by atoms with E-state index < -0.39 is 10.0 Å². The Bertz CT molecular complexity index is 250. The standard InChI is InChI=1S/C8H17NO3S/c1-3-6-13(10,11)9-5-4-8(7-9)12-2/h8H,3-7H2,1-2H3. The van der Waals surface area contributed by atoms with Crippen molar-refractivity contribution in [3.05, 3.63) is 0 Å². The highest BCUT2D eigenvalue weighted by Crippen LogP contribution is 2.16. The van der Waals surface area contributed by atoms with Crippen LogP contribution < -0.4 is 0 Å². The number of rotatable bonds is 4. The lowest BCUT2D eigenvalue weighted by Crippen LogP contribution is -2.31. The average Bonchev–Trinajstić information content (AvgIpc) is 2.52. The smallest absolute Gasteiger partial charge is 0.214 e. The molecule has 0 aromatic rings. The summed E-state index contributed by atoms with van der Waals surface area (Å²) < 4.78 is 29.8. The van der Waals surface area contributed by atoms with E-state index in [1.807, 2.05) is 6.92 Å². The molecule has 1 aliphatic heterocycles. The number of sulfonamides is 1. The van der Waals surface area contributed by atoms with Crippen molar-refractivity contribution >= 4 is 10.0 Å². The predicted molar refractivity (Wildman–Crippen MR) is 51.1 cm³/mol. The van der Waals surface area contributed by atoms with Crippen molar-refractivity contribution in [2.45, 2.75) is 25.9 Å². The van der Waals surface area contributed by atoms with Crippen LogP contribution in [0.3, 0.4) is 0 Å². The van der Waals surface area contributed by atoms with Gasteiger partial charge in [-0.2, -0.15) is 4.31 Å². The minimum absolute atomic E-state index is 0.0895. The highest BCUT2D eigenvalue weighted by Gasteiger charge is 2.30. The number of hydrogen-bond acceptors (Lipinski definition) is 3. The summed E-state index contributed by atoms with van der Waals surface area (Å²) >= 11 is 0. The van der Waals surface area contributed by atoms with E-state index >= 15 is 0 Å². The molecular formula is C8H17NO3S. The summed E-state index contributed by atoms with van der Waals surface area (Å²) in [5.41, 5.74) is 0. The van der Waals surface area contributed by atoms with Gasteiger partial charge in [0.1, 0.15) is 0 Å². The summed E-state index contributed by atoms with van der Waals surface area (Å²) in [4.78, 5) is 0. The molecule has 1 fully saturated rings. The van der Waals surface area contributed by atoms with E-state index in [0.717, 1.165) is 6.42 Å². The van der Waals surface area contributed by atoms with Crippen LogP contribution >= 0.6 is 0 Å². The van der Waals surface area contributed by atoms with Crippen LogP contribution in [0.5, 0.6) is 0 Å². The van der Waals surface area contributed by atoms with E-state index in [0.29, 0.717) is 19.5 Å². The van der Waals surface area contributed by atoms with E-state index in [2.05, 4.69) is 0 Å². The first-order valence-electron chi connectivity index (χ1n) is 4.60. The monoisotopic (exact) mass is 207 g/mol. The van der Waals surface area contributed by atoms with Gasteiger partial charge in [0.15, 0.2) is 0 Å². The van der Waals surface area contributed by atoms with E-state index in [4.69, 9.17) is 4.74 Å². The predicted octanol–water partition coefficient (Wildman–Crippen LogP) is 0.447. The quantitative estimate of drug-likeness (QED) is 0.672. The SMILES string of the molecule is CCCS(=O)(=O)N1CCC(OC)C1. The number of methoxy groups -OCH3 is 1. The van der Waals surface area contributed by atoms with Gasteiger partial charge >= 0.3 is 0 Å². The molecular weight excluding hydrogens is 190 g/mol. The zero-order valence-electron chi connectivity index (χ0n) is 8.19. The van der Waals surface area contributed by atoms with E-state index in [-0.39, 0.29) is 11.9 Å². The molecule has 0 amide bonds. The van der Waals surface area contributed by atoms with Crippen molar-refractivity contribution in [2.75, 3.05) is 26.0 Å². The number of hydrogen-bond donors (Lipinski definition) is 0. The molecule has 1 atom stereocenters. The molecule has 0 N–H and O–H groups in total. The maximum absolute atomic E-state index is 11.6. The van der Waals surface area contributed by atoms with Gasteiger partial charge in [0.2, 0.25) is 10.0 Å². The highest BCUT2D eigenvalue weighted by molar-refractivity contribution is 7.89. The first-order chi connectivity index (χ1) is 6.10. The Kier molecular flexibility index (Phi) is 3.70. The number of ether oxygens (including phenoxy) is 1. The van der Waals surface area contributed by atoms with Crippen LogP contribution in [0, 0.1) is 0 Å². The Morgan fingerprint density at radius 1 is 1.54 bits per heavy atom. The fourth-order valence-electron chi connectivity index (χ4n) is 1.53. The average molecular weight is 207 g/mol. The van der Waals surface area contributed by atoms with Gasteiger partial charge in [-0.1, -0.05) is 6.92 Å². The van der Waals surface area contributed by atoms with Gasteiger partial charge in [-0.3, -0.25) is 0 Å². The fourth-order valence-corrected chi connectivity index (χ4v) is 3.08. The highest BCUT2D eigenvalue weighted by atomic mass is 32.2. The van der Waals surface area contributed by atoms with Crippen molar-refractivity contribution in [1.82, 2.24) is 4.31 Å². The zero-order chi connectivity index (χ0) is 9.90. The molecule has 78 valence electrons. The third-order valence-corrected chi connectivity index (χ3v) is 4.34. The van der Waals surface area contributed by atoms with Gasteiger partial charge in [0, 0.05) is 20.2 Å². The largest absolute Gasteiger partial charge is 0.380 e. The first kappa shape index (κ1) is 10.9. The van der Waals surface area contributed by atoms with Gasteiger partial charge < -0.3 is 4.74 Å². The molecule has 0 radical (unpaired) electrons. The normalized spacial score (nSPS) is 25.2. The summed E-state index contributed by atoms with van der Waals surface area (Å²) in [5.74, 6) is 0.253. The maximum Gasteiger partial charge on any atom is 0.214 e. The second kappa shape index (κ2) is 4.39. The summed E-state index contributed by atoms with van der Waals surface area (Å²) in [5, 5.41) is 0. The molecule has 1 rings (SSSR count). The zero-order valence-corrected chi connectivity index (χ0v) is 9.01. The number of nitrogens with zero attached hydrogens (tertiary/aromatic N) is 1. The molecule has 0 spiro atoms. The maximum atomic E-state index is 11.6. The molecule has 4 nitrogen and oxygen atoms in total. The topological polar surface area (TPSA) is 46.6 Å². The van der Waals surface area contributed by atoms with Gasteiger partial charge in [-0.05, 0) is 12.8 Å². The van der Waals surface area contributed by atoms with Crippen molar-refractivity contribution in [3.8, 4) is 0 Å². The molecule has 1 saturated heterocycles. The summed E-state index contributed by atoms with van der Waals surface area (Å²) in [6.45, 7) is 3.01. The fraction of sp³-hybridized carbons (Fsp3) is 1.00. The minimum atomic E-state index is -3.00. The molecule has 13 heavy (non-hydrogen) atoms. The van der Waals surface area contributed by atoms with Crippen LogP contribution in [0.4, 0.5) is 0 Å². The Balaban J connectivity index is 2.55. The summed E-state index contributed by atoms with van der Waals surface area (Å²) in [7, 11) is -1.37. The van der Waals surface area contributed by atoms with E-state index in [1.165, 1.54) is 4.31 Å². The third kappa shape index (κ3) is 2.65. The molecule has 0 bridgehead atoms. The third-order valence-electron chi connectivity index (χ3n) is 2.30. The first-order valence-corrected chi connectivity index (χ1v) is 6.21. The lowest BCUT2D eigenvalue weighted by molar-refractivity contribution is 0.115. The Labute approximate surface area is 79.9 Å². The Morgan fingerprint density at radius 2 is 2.23 bits per heavy atom. The van der Waals surface area contributed by atoms with Crippen LogP contribution in [-0.2, 0) is 14.8 Å². The van der Waals surface area contributed by atoms with Gasteiger partial charge in [0.25, 0.3) is 0 Å². The van der Waals surface area contributed by atoms with Gasteiger partial charge in [-0.25, -0.2) is 8.42 Å². The Hall–Kier alpha value is -0.130. The molecule has 0 aliphatic carbocycles. The molecule has 0 aromatic carbocycles. The van der Waals surface area contributed by atoms with Gasteiger partial charge in [0.05, 0.1) is 11.9 Å². The lowest BCUT2D eigenvalue weighted by atomic mass is 10.3. The minimum Gasteiger partial charge on any atom is -0.380 e. The molecule has 0 aromatic heterocycles. The molecule has 0 saturated carbocycles. The molecule has 1 heterocycles. The molecule has 5 heteroatoms. The van der Waals surface area contributed by atoms with Crippen molar-refractivity contribution in [3.63, 3.8) is 0 Å². The van der Waals surface area contributed by atoms with Crippen LogP contribution in [0.15, 0.2) is 0 Å². The van der Waals surface area contributed by atoms with Crippen LogP contribution in [-0.4, -0.2) is 44.8 Å². The summed E-state index contributed by atoms with van der Waals surface area (Å²) in [6.07, 6.45) is 1.59. The van der Waals surface area contributed by atoms with Crippen LogP contribution in [0.25, 0.3) is 0 Å². The second-order valence-electron chi connectivity index (χ2n) is 3.32. The van der Waals surface area contributed by atoms with Crippen molar-refractivity contribution in [1.29, 1.82) is 0 Å². The molecule has 1 aliphatic rings. The van der Waals surface area contributed by atoms with Gasteiger partial charge in [-0.15, -0.1) is 0 Å². The van der Waals surface area contributed by atoms with Crippen molar-refractivity contribution in [2.24, 2.45) is 0 Å². The molecule has 1 unspecified atom stereocenters. The second-order valence-corrected chi connectivity index (χ2v) is 5.41. The van der Waals surface area contributed by atoms with E-state index in [1.54, 1.807) is 7.11 Å². The lowest BCUT2D eigenvalue weighted by Gasteiger charge is -2.15. The van der Waals surface area contributed by atoms with Crippen LogP contribution in [0.2, 0.25) is 0 Å². The van der Waals surface area contributed by atoms with E-state index in [9.17, 15) is 8.42 Å².